The number of sulfonamides is 1. The number of benzene rings is 2. The predicted molar refractivity (Wildman–Crippen MR) is 127 cm³/mol. The second-order valence-corrected chi connectivity index (χ2v) is 9.32. The average Bonchev–Trinajstić information content (AvgIpc) is 3.07. The molecule has 8 heteroatoms. The number of fused-ring (bicyclic) bond motifs is 1. The smallest absolute Gasteiger partial charge is 0.243 e. The van der Waals surface area contributed by atoms with Gasteiger partial charge in [0.1, 0.15) is 11.3 Å². The molecule has 0 aliphatic carbocycles. The van der Waals surface area contributed by atoms with Crippen LogP contribution in [0.4, 0.5) is 11.5 Å². The van der Waals surface area contributed by atoms with Crippen LogP contribution in [0.5, 0.6) is 5.88 Å². The van der Waals surface area contributed by atoms with Crippen molar-refractivity contribution in [2.45, 2.75) is 25.3 Å². The van der Waals surface area contributed by atoms with Gasteiger partial charge in [0.15, 0.2) is 0 Å². The maximum absolute atomic E-state index is 12.8. The number of hydrogen-bond donors (Lipinski definition) is 2. The van der Waals surface area contributed by atoms with Crippen LogP contribution in [0, 0.1) is 0 Å². The molecule has 0 radical (unpaired) electrons. The van der Waals surface area contributed by atoms with Crippen LogP contribution in [0.2, 0.25) is 0 Å². The van der Waals surface area contributed by atoms with Crippen molar-refractivity contribution in [3.8, 4) is 5.88 Å². The van der Waals surface area contributed by atoms with Gasteiger partial charge in [0.2, 0.25) is 15.9 Å². The summed E-state index contributed by atoms with van der Waals surface area (Å²) in [5, 5.41) is 14.8. The molecule has 0 aliphatic rings. The highest BCUT2D eigenvalue weighted by atomic mass is 32.2. The quantitative estimate of drug-likeness (QED) is 0.411. The number of aromatic nitrogens is 2. The van der Waals surface area contributed by atoms with E-state index in [9.17, 15) is 13.5 Å². The largest absolute Gasteiger partial charge is 0.494 e. The molecule has 2 heterocycles. The molecule has 7 nitrogen and oxygen atoms in total. The van der Waals surface area contributed by atoms with E-state index in [1.807, 2.05) is 50.2 Å². The first-order valence-electron chi connectivity index (χ1n) is 10.5. The SMILES string of the molecule is CCN(CC)S(=O)(=O)c1ccc(Nc2c3ncccc3c(O)n2Cc2ccccc2)cc1. The maximum atomic E-state index is 12.8. The highest BCUT2D eigenvalue weighted by Gasteiger charge is 2.22. The van der Waals surface area contributed by atoms with E-state index < -0.39 is 10.0 Å². The van der Waals surface area contributed by atoms with Gasteiger partial charge in [-0.1, -0.05) is 44.2 Å². The molecule has 4 aromatic rings. The van der Waals surface area contributed by atoms with Gasteiger partial charge in [-0.2, -0.15) is 4.31 Å². The fraction of sp³-hybridized carbons (Fsp3) is 0.208. The minimum atomic E-state index is -3.52. The molecule has 166 valence electrons. The van der Waals surface area contributed by atoms with Crippen LogP contribution in [0.25, 0.3) is 10.9 Å². The molecule has 0 saturated heterocycles. The lowest BCUT2D eigenvalue weighted by molar-refractivity contribution is 0.432. The number of nitrogens with zero attached hydrogens (tertiary/aromatic N) is 3. The molecule has 0 spiro atoms. The zero-order valence-corrected chi connectivity index (χ0v) is 18.9. The molecule has 0 saturated carbocycles. The molecule has 2 aromatic heterocycles. The van der Waals surface area contributed by atoms with Crippen molar-refractivity contribution >= 4 is 32.4 Å². The molecule has 0 atom stereocenters. The molecule has 2 aromatic carbocycles. The minimum absolute atomic E-state index is 0.125. The second-order valence-electron chi connectivity index (χ2n) is 7.38. The topological polar surface area (TPSA) is 87.5 Å². The molecule has 0 amide bonds. The summed E-state index contributed by atoms with van der Waals surface area (Å²) in [7, 11) is -3.52. The summed E-state index contributed by atoms with van der Waals surface area (Å²) in [4.78, 5) is 4.70. The standard InChI is InChI=1S/C24H26N4O3S/c1-3-27(4-2)32(30,31)20-14-12-19(13-15-20)26-23-22-21(11-8-16-25-22)24(29)28(23)17-18-9-6-5-7-10-18/h5-16,26,29H,3-4,17H2,1-2H3. The van der Waals surface area contributed by atoms with E-state index >= 15 is 0 Å². The van der Waals surface area contributed by atoms with Gasteiger partial charge in [0, 0.05) is 25.0 Å². The lowest BCUT2D eigenvalue weighted by Crippen LogP contribution is -2.30. The van der Waals surface area contributed by atoms with Crippen molar-refractivity contribution in [3.05, 3.63) is 78.5 Å². The monoisotopic (exact) mass is 450 g/mol. The fourth-order valence-corrected chi connectivity index (χ4v) is 5.22. The van der Waals surface area contributed by atoms with Gasteiger partial charge in [-0.25, -0.2) is 8.42 Å². The molecule has 0 bridgehead atoms. The summed E-state index contributed by atoms with van der Waals surface area (Å²) >= 11 is 0. The van der Waals surface area contributed by atoms with Crippen molar-refractivity contribution in [3.63, 3.8) is 0 Å². The molecular formula is C24H26N4O3S. The second kappa shape index (κ2) is 9.02. The van der Waals surface area contributed by atoms with Crippen LogP contribution in [-0.4, -0.2) is 40.5 Å². The molecule has 0 fully saturated rings. The van der Waals surface area contributed by atoms with Gasteiger partial charge in [-0.3, -0.25) is 9.55 Å². The number of pyridine rings is 1. The van der Waals surface area contributed by atoms with Crippen molar-refractivity contribution in [2.75, 3.05) is 18.4 Å². The minimum Gasteiger partial charge on any atom is -0.494 e. The summed E-state index contributed by atoms with van der Waals surface area (Å²) in [6.07, 6.45) is 1.68. The zero-order valence-electron chi connectivity index (χ0n) is 18.1. The molecule has 32 heavy (non-hydrogen) atoms. The van der Waals surface area contributed by atoms with Crippen molar-refractivity contribution < 1.29 is 13.5 Å². The Bertz CT molecular complexity index is 1310. The summed E-state index contributed by atoms with van der Waals surface area (Å²) in [5.74, 6) is 0.765. The van der Waals surface area contributed by atoms with E-state index in [2.05, 4.69) is 10.3 Å². The highest BCUT2D eigenvalue weighted by molar-refractivity contribution is 7.89. The number of rotatable bonds is 8. The predicted octanol–water partition coefficient (Wildman–Crippen LogP) is 4.56. The Balaban J connectivity index is 1.71. The van der Waals surface area contributed by atoms with E-state index in [1.54, 1.807) is 41.1 Å². The van der Waals surface area contributed by atoms with Crippen molar-refractivity contribution in [1.82, 2.24) is 13.9 Å². The van der Waals surface area contributed by atoms with Crippen LogP contribution >= 0.6 is 0 Å². The Morgan fingerprint density at radius 2 is 1.66 bits per heavy atom. The average molecular weight is 451 g/mol. The van der Waals surface area contributed by atoms with Gasteiger partial charge >= 0.3 is 0 Å². The first-order valence-corrected chi connectivity index (χ1v) is 12.0. The summed E-state index contributed by atoms with van der Waals surface area (Å²) in [6, 6.07) is 20.1. The van der Waals surface area contributed by atoms with Gasteiger partial charge in [-0.05, 0) is 42.0 Å². The van der Waals surface area contributed by atoms with Crippen molar-refractivity contribution in [1.29, 1.82) is 0 Å². The maximum Gasteiger partial charge on any atom is 0.243 e. The van der Waals surface area contributed by atoms with E-state index in [1.165, 1.54) is 4.31 Å². The van der Waals surface area contributed by atoms with Crippen LogP contribution in [0.15, 0.2) is 77.8 Å². The highest BCUT2D eigenvalue weighted by Crippen LogP contribution is 2.36. The van der Waals surface area contributed by atoms with Gasteiger partial charge in [0.25, 0.3) is 0 Å². The third kappa shape index (κ3) is 4.06. The first kappa shape index (κ1) is 21.9. The Morgan fingerprint density at radius 1 is 0.969 bits per heavy atom. The summed E-state index contributed by atoms with van der Waals surface area (Å²) in [6.45, 7) is 4.94. The van der Waals surface area contributed by atoms with E-state index in [0.717, 1.165) is 5.56 Å². The number of anilines is 2. The lowest BCUT2D eigenvalue weighted by atomic mass is 10.2. The molecular weight excluding hydrogens is 424 g/mol. The van der Waals surface area contributed by atoms with Gasteiger partial charge in [-0.15, -0.1) is 0 Å². The van der Waals surface area contributed by atoms with Crippen molar-refractivity contribution in [2.24, 2.45) is 0 Å². The summed E-state index contributed by atoms with van der Waals surface area (Å²) in [5.41, 5.74) is 2.37. The van der Waals surface area contributed by atoms with E-state index in [4.69, 9.17) is 0 Å². The Labute approximate surface area is 188 Å². The zero-order chi connectivity index (χ0) is 22.7. The lowest BCUT2D eigenvalue weighted by Gasteiger charge is -2.18. The molecule has 2 N–H and O–H groups in total. The number of nitrogens with one attached hydrogen (secondary N) is 1. The number of hydrogen-bond acceptors (Lipinski definition) is 5. The van der Waals surface area contributed by atoms with Crippen LogP contribution in [-0.2, 0) is 16.6 Å². The van der Waals surface area contributed by atoms with Gasteiger partial charge in [0.05, 0.1) is 16.8 Å². The Morgan fingerprint density at radius 3 is 2.31 bits per heavy atom. The Kier molecular flexibility index (Phi) is 6.16. The third-order valence-corrected chi connectivity index (χ3v) is 7.51. The van der Waals surface area contributed by atoms with Crippen LogP contribution < -0.4 is 5.32 Å². The number of aromatic hydroxyl groups is 1. The normalized spacial score (nSPS) is 11.8. The van der Waals surface area contributed by atoms with Gasteiger partial charge < -0.3 is 10.4 Å². The fourth-order valence-electron chi connectivity index (χ4n) is 3.76. The van der Waals surface area contributed by atoms with Crippen LogP contribution in [0.3, 0.4) is 0 Å². The van der Waals surface area contributed by atoms with E-state index in [-0.39, 0.29) is 10.8 Å². The van der Waals surface area contributed by atoms with E-state index in [0.29, 0.717) is 42.0 Å². The van der Waals surface area contributed by atoms with Crippen LogP contribution in [0.1, 0.15) is 19.4 Å². The third-order valence-electron chi connectivity index (χ3n) is 5.44. The Hall–Kier alpha value is -3.36. The molecule has 4 rings (SSSR count). The molecule has 0 unspecified atom stereocenters. The summed E-state index contributed by atoms with van der Waals surface area (Å²) < 4.78 is 28.7. The first-order chi connectivity index (χ1) is 15.5. The molecule has 0 aliphatic heterocycles.